The summed E-state index contributed by atoms with van der Waals surface area (Å²) < 4.78 is 0. The molecule has 1 aliphatic heterocycles. The van der Waals surface area contributed by atoms with Crippen LogP contribution in [0.25, 0.3) is 0 Å². The first-order valence-corrected chi connectivity index (χ1v) is 6.93. The van der Waals surface area contributed by atoms with Gasteiger partial charge in [-0.05, 0) is 32.9 Å². The Morgan fingerprint density at radius 2 is 2.24 bits per heavy atom. The summed E-state index contributed by atoms with van der Waals surface area (Å²) in [5, 5.41) is 6.21. The van der Waals surface area contributed by atoms with Gasteiger partial charge in [0.25, 0.3) is 0 Å². The number of nitrogens with one attached hydrogen (secondary N) is 2. The average Bonchev–Trinajstić information content (AvgIpc) is 2.32. The Morgan fingerprint density at radius 1 is 1.41 bits per heavy atom. The number of hydrogen-bond acceptors (Lipinski definition) is 3. The Balaban J connectivity index is 2.28. The first kappa shape index (κ1) is 14.5. The normalized spacial score (nSPS) is 21.4. The van der Waals surface area contributed by atoms with Gasteiger partial charge in [0.1, 0.15) is 0 Å². The van der Waals surface area contributed by atoms with E-state index in [1.807, 2.05) is 7.05 Å². The molecule has 1 fully saturated rings. The van der Waals surface area contributed by atoms with Crippen LogP contribution >= 0.6 is 0 Å². The Morgan fingerprint density at radius 3 is 2.94 bits per heavy atom. The highest BCUT2D eigenvalue weighted by Crippen LogP contribution is 2.15. The van der Waals surface area contributed by atoms with Crippen LogP contribution in [-0.2, 0) is 4.79 Å². The van der Waals surface area contributed by atoms with Crippen molar-refractivity contribution in [2.24, 2.45) is 0 Å². The van der Waals surface area contributed by atoms with Crippen molar-refractivity contribution in [3.8, 4) is 0 Å². The monoisotopic (exact) mass is 241 g/mol. The number of carbonyl (C=O) groups is 1. The summed E-state index contributed by atoms with van der Waals surface area (Å²) in [6.45, 7) is 5.57. The highest BCUT2D eigenvalue weighted by atomic mass is 16.2. The zero-order valence-electron chi connectivity index (χ0n) is 11.3. The number of amides is 1. The summed E-state index contributed by atoms with van der Waals surface area (Å²) in [7, 11) is 1.98. The van der Waals surface area contributed by atoms with Crippen molar-refractivity contribution in [3.05, 3.63) is 0 Å². The van der Waals surface area contributed by atoms with E-state index in [2.05, 4.69) is 22.5 Å². The van der Waals surface area contributed by atoms with Crippen molar-refractivity contribution in [2.45, 2.75) is 45.1 Å². The van der Waals surface area contributed by atoms with Gasteiger partial charge in [-0.25, -0.2) is 0 Å². The van der Waals surface area contributed by atoms with E-state index in [9.17, 15) is 4.79 Å². The van der Waals surface area contributed by atoms with Gasteiger partial charge in [-0.15, -0.1) is 0 Å². The van der Waals surface area contributed by atoms with Gasteiger partial charge in [-0.2, -0.15) is 0 Å². The van der Waals surface area contributed by atoms with Gasteiger partial charge in [-0.3, -0.25) is 9.69 Å². The molecule has 2 N–H and O–H groups in total. The van der Waals surface area contributed by atoms with Gasteiger partial charge in [0.2, 0.25) is 5.91 Å². The zero-order valence-corrected chi connectivity index (χ0v) is 11.3. The number of nitrogens with zero attached hydrogens (tertiary/aromatic N) is 1. The van der Waals surface area contributed by atoms with Gasteiger partial charge in [-0.1, -0.05) is 19.8 Å². The van der Waals surface area contributed by atoms with Crippen molar-refractivity contribution >= 4 is 5.91 Å². The second-order valence-corrected chi connectivity index (χ2v) is 4.88. The van der Waals surface area contributed by atoms with E-state index in [1.54, 1.807) is 0 Å². The molecule has 0 aliphatic carbocycles. The van der Waals surface area contributed by atoms with Crippen molar-refractivity contribution < 1.29 is 4.79 Å². The Hall–Kier alpha value is -0.610. The van der Waals surface area contributed by atoms with Crippen LogP contribution in [0, 0.1) is 0 Å². The molecular weight excluding hydrogens is 214 g/mol. The first-order valence-electron chi connectivity index (χ1n) is 6.93. The molecule has 0 spiro atoms. The third-order valence-corrected chi connectivity index (χ3v) is 3.39. The SMILES string of the molecule is CCCCNC(=O)CN1CCCCC1CNC. The van der Waals surface area contributed by atoms with Crippen molar-refractivity contribution in [3.63, 3.8) is 0 Å². The summed E-state index contributed by atoms with van der Waals surface area (Å²) in [5.74, 6) is 0.182. The Bertz CT molecular complexity index is 219. The van der Waals surface area contributed by atoms with E-state index >= 15 is 0 Å². The molecule has 1 unspecified atom stereocenters. The number of unbranched alkanes of at least 4 members (excludes halogenated alkanes) is 1. The fourth-order valence-corrected chi connectivity index (χ4v) is 2.38. The number of rotatable bonds is 7. The van der Waals surface area contributed by atoms with Crippen molar-refractivity contribution in [1.29, 1.82) is 0 Å². The van der Waals surface area contributed by atoms with Crippen LogP contribution in [0.4, 0.5) is 0 Å². The van der Waals surface area contributed by atoms with E-state index in [-0.39, 0.29) is 5.91 Å². The highest BCUT2D eigenvalue weighted by molar-refractivity contribution is 5.78. The second kappa shape index (κ2) is 8.48. The lowest BCUT2D eigenvalue weighted by Crippen LogP contribution is -2.49. The first-order chi connectivity index (χ1) is 8.27. The smallest absolute Gasteiger partial charge is 0.234 e. The van der Waals surface area contributed by atoms with Gasteiger partial charge in [0.05, 0.1) is 6.54 Å². The van der Waals surface area contributed by atoms with Crippen molar-refractivity contribution in [2.75, 3.05) is 33.2 Å². The van der Waals surface area contributed by atoms with Gasteiger partial charge in [0.15, 0.2) is 0 Å². The van der Waals surface area contributed by atoms with Crippen LogP contribution in [0.15, 0.2) is 0 Å². The molecule has 1 amide bonds. The summed E-state index contributed by atoms with van der Waals surface area (Å²) in [4.78, 5) is 14.1. The van der Waals surface area contributed by atoms with Crippen LogP contribution in [0.3, 0.4) is 0 Å². The van der Waals surface area contributed by atoms with E-state index in [0.29, 0.717) is 12.6 Å². The topological polar surface area (TPSA) is 44.4 Å². The lowest BCUT2D eigenvalue weighted by Gasteiger charge is -2.35. The largest absolute Gasteiger partial charge is 0.355 e. The number of hydrogen-bond donors (Lipinski definition) is 2. The molecule has 4 heteroatoms. The predicted molar refractivity (Wildman–Crippen MR) is 71.1 cm³/mol. The third-order valence-electron chi connectivity index (χ3n) is 3.39. The van der Waals surface area contributed by atoms with Gasteiger partial charge < -0.3 is 10.6 Å². The molecule has 0 aromatic carbocycles. The maximum Gasteiger partial charge on any atom is 0.234 e. The zero-order chi connectivity index (χ0) is 12.5. The van der Waals surface area contributed by atoms with Crippen LogP contribution in [0.1, 0.15) is 39.0 Å². The summed E-state index contributed by atoms with van der Waals surface area (Å²) >= 11 is 0. The lowest BCUT2D eigenvalue weighted by atomic mass is 10.0. The molecule has 1 saturated heterocycles. The molecule has 0 aromatic heterocycles. The second-order valence-electron chi connectivity index (χ2n) is 4.88. The molecule has 1 rings (SSSR count). The van der Waals surface area contributed by atoms with E-state index in [4.69, 9.17) is 0 Å². The highest BCUT2D eigenvalue weighted by Gasteiger charge is 2.23. The summed E-state index contributed by atoms with van der Waals surface area (Å²) in [6, 6.07) is 0.533. The molecule has 17 heavy (non-hydrogen) atoms. The Kier molecular flexibility index (Phi) is 7.21. The maximum absolute atomic E-state index is 11.8. The molecule has 100 valence electrons. The fraction of sp³-hybridized carbons (Fsp3) is 0.923. The van der Waals surface area contributed by atoms with E-state index in [0.717, 1.165) is 32.5 Å². The molecule has 0 radical (unpaired) electrons. The molecule has 0 bridgehead atoms. The van der Waals surface area contributed by atoms with Crippen LogP contribution in [0.5, 0.6) is 0 Å². The summed E-state index contributed by atoms with van der Waals surface area (Å²) in [6.07, 6.45) is 5.93. The van der Waals surface area contributed by atoms with Gasteiger partial charge >= 0.3 is 0 Å². The minimum absolute atomic E-state index is 0.182. The number of piperidine rings is 1. The number of carbonyl (C=O) groups excluding carboxylic acids is 1. The molecule has 4 nitrogen and oxygen atoms in total. The minimum Gasteiger partial charge on any atom is -0.355 e. The van der Waals surface area contributed by atoms with Crippen LogP contribution in [0.2, 0.25) is 0 Å². The fourth-order valence-electron chi connectivity index (χ4n) is 2.38. The average molecular weight is 241 g/mol. The van der Waals surface area contributed by atoms with Crippen LogP contribution in [-0.4, -0.2) is 50.1 Å². The predicted octanol–water partition coefficient (Wildman–Crippen LogP) is 0.977. The molecule has 1 atom stereocenters. The molecule has 0 saturated carbocycles. The molecule has 1 aliphatic rings. The van der Waals surface area contributed by atoms with Crippen LogP contribution < -0.4 is 10.6 Å². The lowest BCUT2D eigenvalue weighted by molar-refractivity contribution is -0.123. The summed E-state index contributed by atoms with van der Waals surface area (Å²) in [5.41, 5.74) is 0. The quantitative estimate of drug-likeness (QED) is 0.653. The molecule has 0 aromatic rings. The third kappa shape index (κ3) is 5.50. The Labute approximate surface area is 105 Å². The number of likely N-dealkylation sites (tertiary alicyclic amines) is 1. The minimum atomic E-state index is 0.182. The maximum atomic E-state index is 11.8. The number of likely N-dealkylation sites (N-methyl/N-ethyl adjacent to an activating group) is 1. The van der Waals surface area contributed by atoms with E-state index < -0.39 is 0 Å². The molecular formula is C13H27N3O. The molecule has 1 heterocycles. The standard InChI is InChI=1S/C13H27N3O/c1-3-4-8-15-13(17)11-16-9-6-5-7-12(16)10-14-2/h12,14H,3-11H2,1-2H3,(H,15,17). The van der Waals surface area contributed by atoms with Gasteiger partial charge in [0, 0.05) is 19.1 Å². The van der Waals surface area contributed by atoms with Crippen molar-refractivity contribution in [1.82, 2.24) is 15.5 Å². The van der Waals surface area contributed by atoms with E-state index in [1.165, 1.54) is 19.3 Å².